The predicted molar refractivity (Wildman–Crippen MR) is 135 cm³/mol. The van der Waals surface area contributed by atoms with Gasteiger partial charge >= 0.3 is 17.9 Å². The van der Waals surface area contributed by atoms with Gasteiger partial charge in [0.25, 0.3) is 0 Å². The molecule has 1 rings (SSSR count). The Morgan fingerprint density at radius 3 is 1.86 bits per heavy atom. The smallest absolute Gasteiger partial charge is 0.303 e. The molecule has 0 aliphatic carbocycles. The lowest BCUT2D eigenvalue weighted by Gasteiger charge is -2.46. The van der Waals surface area contributed by atoms with E-state index in [4.69, 9.17) is 28.8 Å². The van der Waals surface area contributed by atoms with E-state index in [0.717, 1.165) is 18.4 Å². The summed E-state index contributed by atoms with van der Waals surface area (Å²) in [4.78, 5) is 56.5. The highest BCUT2D eigenvalue weighted by Crippen LogP contribution is 2.34. The number of nitrogens with one attached hydrogen (secondary N) is 1. The number of rotatable bonds is 11. The SMILES string of the molecule is C=CC[S+](CC)C[C@H](NC(C)=O)[C@H]1O[C@H](SC)[C@H](OC(C)=O)[C@@H](OC(C)=O)[C@H]1OC(C)=O.CC(=O)[O-]. The molecule has 206 valence electrons. The van der Waals surface area contributed by atoms with Gasteiger partial charge in [-0.3, -0.25) is 19.2 Å². The highest BCUT2D eigenvalue weighted by atomic mass is 32.2. The Bertz CT molecular complexity index is 774. The molecule has 0 radical (unpaired) electrons. The van der Waals surface area contributed by atoms with Crippen molar-refractivity contribution >= 4 is 52.4 Å². The standard InChI is InChI=1S/C21H33NO8S2.C2H4O2/c1-8-10-32(9-2)11-16(22-12(3)23)17-18(27-13(4)24)19(28-14(5)25)20(29-15(6)26)21(30-17)31-7;1-2(3)4/h8,16-21H,1,9-11H2,2-7H3;1H3,(H,3,4)/t16-,17+,18-,19-,20+,21+,32?;/m0./s1. The first-order chi connectivity index (χ1) is 16.8. The molecular formula is C23H37NO10S2. The molecule has 1 heterocycles. The average Bonchev–Trinajstić information content (AvgIpc) is 2.73. The second-order valence-electron chi connectivity index (χ2n) is 7.75. The van der Waals surface area contributed by atoms with Gasteiger partial charge in [-0.15, -0.1) is 11.8 Å². The van der Waals surface area contributed by atoms with Crippen LogP contribution in [0.5, 0.6) is 0 Å². The topological polar surface area (TPSA) is 157 Å². The second-order valence-corrected chi connectivity index (χ2v) is 11.2. The molecule has 11 nitrogen and oxygen atoms in total. The van der Waals surface area contributed by atoms with Crippen molar-refractivity contribution in [3.63, 3.8) is 0 Å². The first-order valence-corrected chi connectivity index (χ1v) is 14.2. The van der Waals surface area contributed by atoms with E-state index < -0.39 is 59.8 Å². The maximum absolute atomic E-state index is 12.0. The largest absolute Gasteiger partial charge is 0.550 e. The molecule has 1 unspecified atom stereocenters. The number of amides is 1. The number of hydrogen-bond donors (Lipinski definition) is 1. The quantitative estimate of drug-likeness (QED) is 0.159. The molecule has 1 amide bonds. The lowest BCUT2D eigenvalue weighted by Crippen LogP contribution is -2.66. The third-order valence-electron chi connectivity index (χ3n) is 4.63. The van der Waals surface area contributed by atoms with Gasteiger partial charge < -0.3 is 34.2 Å². The number of esters is 3. The summed E-state index contributed by atoms with van der Waals surface area (Å²) in [6, 6.07) is -0.536. The third kappa shape index (κ3) is 12.6. The molecule has 13 heteroatoms. The van der Waals surface area contributed by atoms with E-state index in [-0.39, 0.29) is 16.8 Å². The van der Waals surface area contributed by atoms with Crippen LogP contribution in [-0.2, 0) is 53.8 Å². The first-order valence-electron chi connectivity index (χ1n) is 11.2. The van der Waals surface area contributed by atoms with Crippen LogP contribution < -0.4 is 10.4 Å². The zero-order valence-corrected chi connectivity index (χ0v) is 23.4. The van der Waals surface area contributed by atoms with Crippen molar-refractivity contribution in [3.05, 3.63) is 12.7 Å². The lowest BCUT2D eigenvalue weighted by molar-refractivity contribution is -0.302. The minimum Gasteiger partial charge on any atom is -0.550 e. The summed E-state index contributed by atoms with van der Waals surface area (Å²) in [7, 11) is -0.113. The van der Waals surface area contributed by atoms with E-state index >= 15 is 0 Å². The van der Waals surface area contributed by atoms with Crippen LogP contribution >= 0.6 is 11.8 Å². The van der Waals surface area contributed by atoms with Crippen molar-refractivity contribution in [1.82, 2.24) is 5.32 Å². The highest BCUT2D eigenvalue weighted by molar-refractivity contribution is 7.99. The zero-order valence-electron chi connectivity index (χ0n) is 21.8. The van der Waals surface area contributed by atoms with Gasteiger partial charge in [0.15, 0.2) is 18.3 Å². The predicted octanol–water partition coefficient (Wildman–Crippen LogP) is -0.0455. The van der Waals surface area contributed by atoms with Gasteiger partial charge in [-0.2, -0.15) is 0 Å². The van der Waals surface area contributed by atoms with Crippen LogP contribution in [-0.4, -0.2) is 89.2 Å². The van der Waals surface area contributed by atoms with Gasteiger partial charge in [-0.05, 0) is 37.1 Å². The maximum atomic E-state index is 12.0. The molecule has 0 saturated carbocycles. The Balaban J connectivity index is 0.00000283. The summed E-state index contributed by atoms with van der Waals surface area (Å²) < 4.78 is 22.7. The van der Waals surface area contributed by atoms with Crippen LogP contribution in [0.1, 0.15) is 41.5 Å². The summed E-state index contributed by atoms with van der Waals surface area (Å²) >= 11 is 1.26. The highest BCUT2D eigenvalue weighted by Gasteiger charge is 2.54. The van der Waals surface area contributed by atoms with Crippen molar-refractivity contribution in [2.45, 2.75) is 77.4 Å². The van der Waals surface area contributed by atoms with Crippen molar-refractivity contribution in [2.24, 2.45) is 0 Å². The van der Waals surface area contributed by atoms with Gasteiger partial charge in [-0.1, -0.05) is 6.58 Å². The normalized spacial score (nSPS) is 24.6. The molecule has 0 bridgehead atoms. The second kappa shape index (κ2) is 17.2. The van der Waals surface area contributed by atoms with Crippen molar-refractivity contribution in [1.29, 1.82) is 0 Å². The summed E-state index contributed by atoms with van der Waals surface area (Å²) in [5.41, 5.74) is -0.709. The Morgan fingerprint density at radius 1 is 1.00 bits per heavy atom. The fourth-order valence-corrected chi connectivity index (χ4v) is 5.96. The number of carbonyl (C=O) groups is 5. The number of carboxylic acid groups (broad SMARTS) is 1. The number of carboxylic acids is 1. The van der Waals surface area contributed by atoms with Crippen LogP contribution in [0.25, 0.3) is 0 Å². The van der Waals surface area contributed by atoms with E-state index in [1.807, 2.05) is 13.0 Å². The fraction of sp³-hybridized carbons (Fsp3) is 0.696. The molecule has 0 aromatic carbocycles. The van der Waals surface area contributed by atoms with Crippen molar-refractivity contribution < 1.29 is 48.0 Å². The van der Waals surface area contributed by atoms with Gasteiger partial charge in [0.2, 0.25) is 5.91 Å². The molecule has 0 aromatic rings. The Hall–Kier alpha value is -2.25. The Kier molecular flexibility index (Phi) is 16.2. The number of aliphatic carboxylic acids is 1. The number of thioether (sulfide) groups is 1. The van der Waals surface area contributed by atoms with E-state index in [9.17, 15) is 19.2 Å². The minimum atomic E-state index is -1.10. The van der Waals surface area contributed by atoms with Crippen molar-refractivity contribution in [3.8, 4) is 0 Å². The maximum Gasteiger partial charge on any atom is 0.303 e. The summed E-state index contributed by atoms with van der Waals surface area (Å²) in [6.07, 6.45) is -0.434. The monoisotopic (exact) mass is 551 g/mol. The van der Waals surface area contributed by atoms with E-state index in [2.05, 4.69) is 11.9 Å². The molecule has 1 aliphatic rings. The first kappa shape index (κ1) is 33.8. The molecule has 7 atom stereocenters. The molecule has 36 heavy (non-hydrogen) atoms. The molecule has 1 fully saturated rings. The number of hydrogen-bond acceptors (Lipinski definition) is 11. The van der Waals surface area contributed by atoms with E-state index in [1.54, 1.807) is 6.26 Å². The molecule has 1 aliphatic heterocycles. The Morgan fingerprint density at radius 2 is 1.47 bits per heavy atom. The fourth-order valence-electron chi connectivity index (χ4n) is 3.52. The summed E-state index contributed by atoms with van der Waals surface area (Å²) in [6.45, 7) is 11.9. The number of carbonyl (C=O) groups excluding carboxylic acids is 5. The van der Waals surface area contributed by atoms with Gasteiger partial charge in [0, 0.05) is 33.7 Å². The summed E-state index contributed by atoms with van der Waals surface area (Å²) in [5.74, 6) is -1.02. The Labute approximate surface area is 219 Å². The molecule has 0 spiro atoms. The van der Waals surface area contributed by atoms with Gasteiger partial charge in [0.1, 0.15) is 34.8 Å². The third-order valence-corrected chi connectivity index (χ3v) is 7.83. The molecule has 1 N–H and O–H groups in total. The van der Waals surface area contributed by atoms with E-state index in [1.165, 1.54) is 39.5 Å². The minimum absolute atomic E-state index is 0.113. The van der Waals surface area contributed by atoms with Crippen LogP contribution in [0.4, 0.5) is 0 Å². The molecular weight excluding hydrogens is 514 g/mol. The average molecular weight is 552 g/mol. The van der Waals surface area contributed by atoms with Crippen molar-refractivity contribution in [2.75, 3.05) is 23.5 Å². The molecule has 1 saturated heterocycles. The van der Waals surface area contributed by atoms with Crippen LogP contribution in [0.2, 0.25) is 0 Å². The number of ether oxygens (including phenoxy) is 4. The zero-order chi connectivity index (χ0) is 28.0. The van der Waals surface area contributed by atoms with Gasteiger partial charge in [-0.25, -0.2) is 0 Å². The summed E-state index contributed by atoms with van der Waals surface area (Å²) in [5, 5.41) is 11.8. The van der Waals surface area contributed by atoms with E-state index in [0.29, 0.717) is 5.75 Å². The van der Waals surface area contributed by atoms with Crippen LogP contribution in [0.15, 0.2) is 12.7 Å². The molecule has 0 aromatic heterocycles. The lowest BCUT2D eigenvalue weighted by atomic mass is 9.94. The van der Waals surface area contributed by atoms with Crippen LogP contribution in [0.3, 0.4) is 0 Å². The van der Waals surface area contributed by atoms with Crippen LogP contribution in [0, 0.1) is 0 Å². The van der Waals surface area contributed by atoms with Gasteiger partial charge in [0.05, 0.1) is 0 Å².